The number of hydrogen-bond donors (Lipinski definition) is 0. The van der Waals surface area contributed by atoms with Crippen LogP contribution < -0.4 is 0 Å². The van der Waals surface area contributed by atoms with Crippen LogP contribution in [0.25, 0.3) is 5.57 Å². The van der Waals surface area contributed by atoms with Crippen molar-refractivity contribution < 1.29 is 0 Å². The van der Waals surface area contributed by atoms with Gasteiger partial charge in [-0.05, 0) is 51.7 Å². The molecule has 0 saturated carbocycles. The molecule has 0 aliphatic rings. The fourth-order valence-electron chi connectivity index (χ4n) is 1.74. The second-order valence-electron chi connectivity index (χ2n) is 5.05. The molecule has 1 aromatic rings. The molecule has 0 bridgehead atoms. The smallest absolute Gasteiger partial charge is 0.0227 e. The van der Waals surface area contributed by atoms with Gasteiger partial charge in [0.1, 0.15) is 0 Å². The molecule has 1 aromatic carbocycles. The van der Waals surface area contributed by atoms with Gasteiger partial charge < -0.3 is 0 Å². The summed E-state index contributed by atoms with van der Waals surface area (Å²) < 4.78 is 0. The third-order valence-corrected chi connectivity index (χ3v) is 2.94. The summed E-state index contributed by atoms with van der Waals surface area (Å²) in [6.45, 7) is 8.67. The molecule has 0 heterocycles. The molecule has 1 rings (SSSR count). The van der Waals surface area contributed by atoms with Crippen LogP contribution in [0.5, 0.6) is 0 Å². The minimum Gasteiger partial charge on any atom is -0.0856 e. The van der Waals surface area contributed by atoms with Gasteiger partial charge in [-0.3, -0.25) is 0 Å². The molecule has 18 heavy (non-hydrogen) atoms. The van der Waals surface area contributed by atoms with Crippen molar-refractivity contribution in [3.8, 4) is 0 Å². The van der Waals surface area contributed by atoms with E-state index in [0.29, 0.717) is 0 Å². The predicted molar refractivity (Wildman–Crippen MR) is 82.5 cm³/mol. The van der Waals surface area contributed by atoms with Crippen molar-refractivity contribution in [3.63, 3.8) is 0 Å². The number of benzene rings is 1. The molecular weight excluding hydrogens is 216 g/mol. The molecule has 96 valence electrons. The maximum absolute atomic E-state index is 2.30. The molecule has 0 aliphatic heterocycles. The third kappa shape index (κ3) is 5.67. The van der Waals surface area contributed by atoms with E-state index in [1.54, 1.807) is 0 Å². The van der Waals surface area contributed by atoms with Crippen LogP contribution in [-0.4, -0.2) is 0 Å². The largest absolute Gasteiger partial charge is 0.0856 e. The Morgan fingerprint density at radius 2 is 1.61 bits per heavy atom. The Bertz CT molecular complexity index is 440. The van der Waals surface area contributed by atoms with E-state index in [9.17, 15) is 0 Å². The first-order valence-corrected chi connectivity index (χ1v) is 6.62. The average Bonchev–Trinajstić information content (AvgIpc) is 2.36. The molecule has 0 aliphatic carbocycles. The summed E-state index contributed by atoms with van der Waals surface area (Å²) >= 11 is 0. The first kappa shape index (κ1) is 14.5. The van der Waals surface area contributed by atoms with Gasteiger partial charge in [0, 0.05) is 0 Å². The van der Waals surface area contributed by atoms with Gasteiger partial charge in [0.25, 0.3) is 0 Å². The Morgan fingerprint density at radius 1 is 0.944 bits per heavy atom. The van der Waals surface area contributed by atoms with Crippen molar-refractivity contribution in [2.45, 2.75) is 40.5 Å². The normalized spacial score (nSPS) is 12.4. The van der Waals surface area contributed by atoms with E-state index in [1.807, 2.05) is 0 Å². The van der Waals surface area contributed by atoms with Gasteiger partial charge >= 0.3 is 0 Å². The van der Waals surface area contributed by atoms with Crippen LogP contribution in [0.4, 0.5) is 0 Å². The summed E-state index contributed by atoms with van der Waals surface area (Å²) in [7, 11) is 0. The fourth-order valence-corrected chi connectivity index (χ4v) is 1.74. The van der Waals surface area contributed by atoms with E-state index in [0.717, 1.165) is 12.8 Å². The van der Waals surface area contributed by atoms with E-state index in [4.69, 9.17) is 0 Å². The average molecular weight is 240 g/mol. The molecule has 0 radical (unpaired) electrons. The first-order chi connectivity index (χ1) is 8.59. The monoisotopic (exact) mass is 240 g/mol. The summed E-state index contributed by atoms with van der Waals surface area (Å²) in [6.07, 6.45) is 9.03. The maximum atomic E-state index is 2.30. The lowest BCUT2D eigenvalue weighted by Gasteiger charge is -2.00. The summed E-state index contributed by atoms with van der Waals surface area (Å²) in [4.78, 5) is 0. The molecule has 0 spiro atoms. The van der Waals surface area contributed by atoms with Gasteiger partial charge in [-0.1, -0.05) is 59.7 Å². The molecule has 0 fully saturated rings. The van der Waals surface area contributed by atoms with Gasteiger partial charge in [-0.15, -0.1) is 0 Å². The second kappa shape index (κ2) is 7.71. The molecule has 0 amide bonds. The third-order valence-electron chi connectivity index (χ3n) is 2.94. The van der Waals surface area contributed by atoms with Crippen LogP contribution >= 0.6 is 0 Å². The van der Waals surface area contributed by atoms with Crippen molar-refractivity contribution >= 4 is 5.57 Å². The van der Waals surface area contributed by atoms with Crippen LogP contribution in [-0.2, 0) is 0 Å². The van der Waals surface area contributed by atoms with Crippen LogP contribution in [0, 0.1) is 0 Å². The Balaban J connectivity index is 2.59. The number of allylic oxidation sites excluding steroid dienone is 6. The van der Waals surface area contributed by atoms with Gasteiger partial charge in [0.05, 0.1) is 0 Å². The lowest BCUT2D eigenvalue weighted by molar-refractivity contribution is 0.967. The lowest BCUT2D eigenvalue weighted by atomic mass is 10.1. The van der Waals surface area contributed by atoms with Crippen LogP contribution in [0.15, 0.2) is 59.7 Å². The highest BCUT2D eigenvalue weighted by molar-refractivity contribution is 5.65. The van der Waals surface area contributed by atoms with Gasteiger partial charge in [-0.2, -0.15) is 0 Å². The van der Waals surface area contributed by atoms with E-state index in [1.165, 1.54) is 22.3 Å². The molecule has 0 aromatic heterocycles. The van der Waals surface area contributed by atoms with Crippen molar-refractivity contribution in [1.82, 2.24) is 0 Å². The topological polar surface area (TPSA) is 0 Å². The van der Waals surface area contributed by atoms with E-state index in [2.05, 4.69) is 76.3 Å². The second-order valence-corrected chi connectivity index (χ2v) is 5.05. The summed E-state index contributed by atoms with van der Waals surface area (Å²) in [5.41, 5.74) is 5.45. The van der Waals surface area contributed by atoms with Crippen LogP contribution in [0.1, 0.15) is 46.1 Å². The fraction of sp³-hybridized carbons (Fsp3) is 0.333. The number of rotatable bonds is 5. The predicted octanol–water partition coefficient (Wildman–Crippen LogP) is 5.78. The van der Waals surface area contributed by atoms with Crippen molar-refractivity contribution in [1.29, 1.82) is 0 Å². The van der Waals surface area contributed by atoms with Gasteiger partial charge in [0.15, 0.2) is 0 Å². The van der Waals surface area contributed by atoms with Crippen molar-refractivity contribution in [3.05, 3.63) is 65.3 Å². The Hall–Kier alpha value is -1.56. The minimum absolute atomic E-state index is 1.14. The Kier molecular flexibility index (Phi) is 6.21. The molecule has 0 saturated heterocycles. The minimum atomic E-state index is 1.14. The van der Waals surface area contributed by atoms with Crippen LogP contribution in [0.3, 0.4) is 0 Å². The molecule has 0 nitrogen and oxygen atoms in total. The zero-order valence-electron chi connectivity index (χ0n) is 12.0. The molecule has 0 N–H and O–H groups in total. The van der Waals surface area contributed by atoms with E-state index >= 15 is 0 Å². The van der Waals surface area contributed by atoms with Crippen LogP contribution in [0.2, 0.25) is 0 Å². The summed E-state index contributed by atoms with van der Waals surface area (Å²) in [5.74, 6) is 0. The lowest BCUT2D eigenvalue weighted by Crippen LogP contribution is -1.79. The van der Waals surface area contributed by atoms with Gasteiger partial charge in [0.2, 0.25) is 0 Å². The molecule has 0 atom stereocenters. The Labute approximate surface area is 112 Å². The van der Waals surface area contributed by atoms with Gasteiger partial charge in [-0.25, -0.2) is 0 Å². The summed E-state index contributed by atoms with van der Waals surface area (Å²) in [5, 5.41) is 0. The quantitative estimate of drug-likeness (QED) is 0.452. The zero-order valence-corrected chi connectivity index (χ0v) is 12.0. The highest BCUT2D eigenvalue weighted by atomic mass is 14.0. The summed E-state index contributed by atoms with van der Waals surface area (Å²) in [6, 6.07) is 10.5. The highest BCUT2D eigenvalue weighted by Crippen LogP contribution is 2.14. The highest BCUT2D eigenvalue weighted by Gasteiger charge is 1.92. The van der Waals surface area contributed by atoms with E-state index in [-0.39, 0.29) is 0 Å². The maximum Gasteiger partial charge on any atom is -0.0227 e. The first-order valence-electron chi connectivity index (χ1n) is 6.62. The molecule has 0 heteroatoms. The molecule has 0 unspecified atom stereocenters. The zero-order chi connectivity index (χ0) is 13.4. The van der Waals surface area contributed by atoms with Crippen molar-refractivity contribution in [2.24, 2.45) is 0 Å². The molecular formula is C18H24. The Morgan fingerprint density at radius 3 is 2.22 bits per heavy atom. The van der Waals surface area contributed by atoms with Crippen molar-refractivity contribution in [2.75, 3.05) is 0 Å². The standard InChI is InChI=1S/C18H24/c1-15(2)9-8-10-16(3)13-14-17(4)18-11-6-5-7-12-18/h5-7,9,11-14H,8,10H2,1-4H3. The SMILES string of the molecule is CC(C)=CCCC(C)=CC=C(C)c1ccccc1. The van der Waals surface area contributed by atoms with E-state index < -0.39 is 0 Å². The number of hydrogen-bond acceptors (Lipinski definition) is 0.